The van der Waals surface area contributed by atoms with E-state index in [1.807, 2.05) is 0 Å². The van der Waals surface area contributed by atoms with Gasteiger partial charge in [-0.1, -0.05) is 12.1 Å². The normalized spacial score (nSPS) is 10.1. The molecule has 0 saturated carbocycles. The van der Waals surface area contributed by atoms with Gasteiger partial charge in [0.25, 0.3) is 5.91 Å². The van der Waals surface area contributed by atoms with Crippen LogP contribution in [0.1, 0.15) is 22.3 Å². The van der Waals surface area contributed by atoms with Gasteiger partial charge < -0.3 is 20.1 Å². The third-order valence-corrected chi connectivity index (χ3v) is 3.89. The first-order valence-corrected chi connectivity index (χ1v) is 8.50. The molecule has 0 aromatic heterocycles. The summed E-state index contributed by atoms with van der Waals surface area (Å²) in [5.41, 5.74) is 1.40. The van der Waals surface area contributed by atoms with E-state index >= 15 is 0 Å². The largest absolute Gasteiger partial charge is 0.494 e. The van der Waals surface area contributed by atoms with Gasteiger partial charge in [0.2, 0.25) is 5.91 Å². The Hall–Kier alpha value is -3.42. The van der Waals surface area contributed by atoms with Gasteiger partial charge in [-0.15, -0.1) is 0 Å². The molecule has 0 aliphatic carbocycles. The lowest BCUT2D eigenvalue weighted by Gasteiger charge is -2.09. The van der Waals surface area contributed by atoms with Crippen molar-refractivity contribution in [3.05, 3.63) is 59.4 Å². The van der Waals surface area contributed by atoms with Gasteiger partial charge >= 0.3 is 5.97 Å². The maximum absolute atomic E-state index is 13.7. The van der Waals surface area contributed by atoms with Crippen LogP contribution < -0.4 is 15.4 Å². The lowest BCUT2D eigenvalue weighted by Crippen LogP contribution is -2.30. The van der Waals surface area contributed by atoms with Gasteiger partial charge in [-0.3, -0.25) is 14.4 Å². The highest BCUT2D eigenvalue weighted by molar-refractivity contribution is 5.98. The monoisotopic (exact) mass is 388 g/mol. The minimum atomic E-state index is -0.562. The highest BCUT2D eigenvalue weighted by atomic mass is 19.1. The van der Waals surface area contributed by atoms with Gasteiger partial charge in [0.05, 0.1) is 14.2 Å². The van der Waals surface area contributed by atoms with Crippen LogP contribution in [0.15, 0.2) is 42.5 Å². The Balaban J connectivity index is 1.90. The molecule has 0 atom stereocenters. The molecule has 148 valence electrons. The number of anilines is 1. The standard InChI is InChI=1S/C20H21FN2O5/c1-27-17-8-6-13(10-16(17)21)7-9-18(24)23-15-5-3-4-14(11-15)20(26)22-12-19(25)28-2/h3-6,8,10-11H,7,9,12H2,1-2H3,(H,22,26)(H,23,24). The van der Waals surface area contributed by atoms with Crippen LogP contribution in [0.4, 0.5) is 10.1 Å². The van der Waals surface area contributed by atoms with Gasteiger partial charge in [0.1, 0.15) is 6.54 Å². The number of amides is 2. The Bertz CT molecular complexity index is 869. The van der Waals surface area contributed by atoms with Crippen LogP contribution in [-0.4, -0.2) is 38.5 Å². The molecule has 0 radical (unpaired) electrons. The number of esters is 1. The number of methoxy groups -OCH3 is 2. The van der Waals surface area contributed by atoms with Crippen molar-refractivity contribution in [2.45, 2.75) is 12.8 Å². The van der Waals surface area contributed by atoms with E-state index in [4.69, 9.17) is 4.74 Å². The molecule has 7 nitrogen and oxygen atoms in total. The maximum Gasteiger partial charge on any atom is 0.325 e. The molecule has 0 bridgehead atoms. The highest BCUT2D eigenvalue weighted by Gasteiger charge is 2.10. The second-order valence-electron chi connectivity index (χ2n) is 5.86. The second-order valence-corrected chi connectivity index (χ2v) is 5.86. The average Bonchev–Trinajstić information content (AvgIpc) is 2.70. The van der Waals surface area contributed by atoms with E-state index in [9.17, 15) is 18.8 Å². The quantitative estimate of drug-likeness (QED) is 0.677. The van der Waals surface area contributed by atoms with Gasteiger partial charge in [0.15, 0.2) is 11.6 Å². The number of carbonyl (C=O) groups is 3. The number of ether oxygens (including phenoxy) is 2. The molecule has 28 heavy (non-hydrogen) atoms. The molecule has 0 unspecified atom stereocenters. The van der Waals surface area contributed by atoms with E-state index in [0.717, 1.165) is 0 Å². The summed E-state index contributed by atoms with van der Waals surface area (Å²) >= 11 is 0. The molecular formula is C20H21FN2O5. The fraction of sp³-hybridized carbons (Fsp3) is 0.250. The molecule has 0 spiro atoms. The number of aryl methyl sites for hydroxylation is 1. The van der Waals surface area contributed by atoms with Gasteiger partial charge in [-0.05, 0) is 42.3 Å². The Morgan fingerprint density at radius 3 is 2.54 bits per heavy atom. The summed E-state index contributed by atoms with van der Waals surface area (Å²) in [6.45, 7) is -0.246. The van der Waals surface area contributed by atoms with Gasteiger partial charge in [-0.25, -0.2) is 4.39 Å². The summed E-state index contributed by atoms with van der Waals surface area (Å²) in [4.78, 5) is 35.2. The van der Waals surface area contributed by atoms with Crippen molar-refractivity contribution in [2.75, 3.05) is 26.1 Å². The van der Waals surface area contributed by atoms with Gasteiger partial charge in [0, 0.05) is 17.7 Å². The number of hydrogen-bond donors (Lipinski definition) is 2. The lowest BCUT2D eigenvalue weighted by molar-refractivity contribution is -0.139. The van der Waals surface area contributed by atoms with Crippen molar-refractivity contribution >= 4 is 23.5 Å². The third-order valence-electron chi connectivity index (χ3n) is 3.89. The van der Waals surface area contributed by atoms with E-state index in [2.05, 4.69) is 15.4 Å². The SMILES string of the molecule is COC(=O)CNC(=O)c1cccc(NC(=O)CCc2ccc(OC)c(F)c2)c1. The van der Waals surface area contributed by atoms with Crippen LogP contribution in [0.2, 0.25) is 0 Å². The zero-order chi connectivity index (χ0) is 20.5. The van der Waals surface area contributed by atoms with Crippen molar-refractivity contribution in [1.29, 1.82) is 0 Å². The van der Waals surface area contributed by atoms with Crippen molar-refractivity contribution < 1.29 is 28.2 Å². The van der Waals surface area contributed by atoms with Crippen molar-refractivity contribution in [2.24, 2.45) is 0 Å². The number of halogens is 1. The summed E-state index contributed by atoms with van der Waals surface area (Å²) in [5.74, 6) is -1.63. The van der Waals surface area contributed by atoms with E-state index < -0.39 is 17.7 Å². The molecule has 2 rings (SSSR count). The van der Waals surface area contributed by atoms with Crippen LogP contribution in [-0.2, 0) is 20.7 Å². The first kappa shape index (κ1) is 20.9. The topological polar surface area (TPSA) is 93.7 Å². The summed E-state index contributed by atoms with van der Waals surface area (Å²) in [5, 5.41) is 5.11. The fourth-order valence-corrected chi connectivity index (χ4v) is 2.41. The minimum Gasteiger partial charge on any atom is -0.494 e. The van der Waals surface area contributed by atoms with Crippen LogP contribution in [0.25, 0.3) is 0 Å². The van der Waals surface area contributed by atoms with Crippen LogP contribution in [0.5, 0.6) is 5.75 Å². The Morgan fingerprint density at radius 2 is 1.86 bits per heavy atom. The first-order chi connectivity index (χ1) is 13.4. The number of rotatable bonds is 8. The Labute approximate surface area is 161 Å². The summed E-state index contributed by atoms with van der Waals surface area (Å²) in [6.07, 6.45) is 0.497. The molecule has 0 heterocycles. The molecule has 0 fully saturated rings. The number of carbonyl (C=O) groups excluding carboxylic acids is 3. The molecule has 2 N–H and O–H groups in total. The van der Waals surface area contributed by atoms with Crippen LogP contribution in [0, 0.1) is 5.82 Å². The van der Waals surface area contributed by atoms with E-state index in [-0.39, 0.29) is 24.6 Å². The van der Waals surface area contributed by atoms with E-state index in [1.54, 1.807) is 24.3 Å². The van der Waals surface area contributed by atoms with Crippen LogP contribution in [0.3, 0.4) is 0 Å². The smallest absolute Gasteiger partial charge is 0.325 e. The zero-order valence-corrected chi connectivity index (χ0v) is 15.6. The highest BCUT2D eigenvalue weighted by Crippen LogP contribution is 2.19. The predicted octanol–water partition coefficient (Wildman–Crippen LogP) is 2.31. The average molecular weight is 388 g/mol. The maximum atomic E-state index is 13.7. The number of nitrogens with one attached hydrogen (secondary N) is 2. The third kappa shape index (κ3) is 6.08. The Kier molecular flexibility index (Phi) is 7.50. The Morgan fingerprint density at radius 1 is 1.07 bits per heavy atom. The first-order valence-electron chi connectivity index (χ1n) is 8.50. The fourth-order valence-electron chi connectivity index (χ4n) is 2.41. The second kappa shape index (κ2) is 10.1. The lowest BCUT2D eigenvalue weighted by atomic mass is 10.1. The number of benzene rings is 2. The predicted molar refractivity (Wildman–Crippen MR) is 101 cm³/mol. The zero-order valence-electron chi connectivity index (χ0n) is 15.6. The molecule has 2 amide bonds. The van der Waals surface area contributed by atoms with Gasteiger partial charge in [-0.2, -0.15) is 0 Å². The summed E-state index contributed by atoms with van der Waals surface area (Å²) in [6, 6.07) is 10.8. The molecule has 2 aromatic carbocycles. The summed E-state index contributed by atoms with van der Waals surface area (Å²) < 4.78 is 23.0. The molecule has 0 aliphatic rings. The van der Waals surface area contributed by atoms with E-state index in [0.29, 0.717) is 23.2 Å². The molecule has 2 aromatic rings. The summed E-state index contributed by atoms with van der Waals surface area (Å²) in [7, 11) is 2.61. The molecule has 0 saturated heterocycles. The minimum absolute atomic E-state index is 0.143. The van der Waals surface area contributed by atoms with E-state index in [1.165, 1.54) is 32.4 Å². The van der Waals surface area contributed by atoms with Crippen molar-refractivity contribution in [1.82, 2.24) is 5.32 Å². The van der Waals surface area contributed by atoms with Crippen LogP contribution >= 0.6 is 0 Å². The van der Waals surface area contributed by atoms with Crippen molar-refractivity contribution in [3.8, 4) is 5.75 Å². The molecular weight excluding hydrogens is 367 g/mol. The molecule has 8 heteroatoms. The van der Waals surface area contributed by atoms with Crippen molar-refractivity contribution in [3.63, 3.8) is 0 Å². The number of hydrogen-bond acceptors (Lipinski definition) is 5. The molecule has 0 aliphatic heterocycles.